The van der Waals surface area contributed by atoms with Gasteiger partial charge in [0.05, 0.1) is 6.61 Å². The SMILES string of the molecule is COCC(C)N(C)c1ccncc1CNC(C)C. The highest BCUT2D eigenvalue weighted by molar-refractivity contribution is 5.52. The van der Waals surface area contributed by atoms with Crippen molar-refractivity contribution in [2.75, 3.05) is 25.7 Å². The molecule has 1 atom stereocenters. The minimum Gasteiger partial charge on any atom is -0.383 e. The summed E-state index contributed by atoms with van der Waals surface area (Å²) in [5, 5.41) is 3.43. The fraction of sp³-hybridized carbons (Fsp3) is 0.643. The van der Waals surface area contributed by atoms with Gasteiger partial charge in [-0.3, -0.25) is 4.98 Å². The molecule has 0 aliphatic heterocycles. The van der Waals surface area contributed by atoms with Crippen LogP contribution in [-0.4, -0.2) is 37.8 Å². The van der Waals surface area contributed by atoms with Crippen LogP contribution >= 0.6 is 0 Å². The molecule has 1 heterocycles. The maximum Gasteiger partial charge on any atom is 0.0663 e. The van der Waals surface area contributed by atoms with Crippen LogP contribution in [0.3, 0.4) is 0 Å². The fourth-order valence-electron chi connectivity index (χ4n) is 1.80. The smallest absolute Gasteiger partial charge is 0.0663 e. The molecule has 0 saturated heterocycles. The van der Waals surface area contributed by atoms with E-state index in [4.69, 9.17) is 4.74 Å². The maximum atomic E-state index is 5.21. The molecule has 0 radical (unpaired) electrons. The van der Waals surface area contributed by atoms with Crippen molar-refractivity contribution < 1.29 is 4.74 Å². The van der Waals surface area contributed by atoms with E-state index < -0.39 is 0 Å². The number of likely N-dealkylation sites (N-methyl/N-ethyl adjacent to an activating group) is 1. The van der Waals surface area contributed by atoms with Crippen LogP contribution in [0.2, 0.25) is 0 Å². The topological polar surface area (TPSA) is 37.4 Å². The van der Waals surface area contributed by atoms with Crippen molar-refractivity contribution in [1.29, 1.82) is 0 Å². The molecular formula is C14H25N3O. The van der Waals surface area contributed by atoms with Crippen molar-refractivity contribution in [2.24, 2.45) is 0 Å². The van der Waals surface area contributed by atoms with Gasteiger partial charge in [-0.15, -0.1) is 0 Å². The third kappa shape index (κ3) is 4.27. The third-order valence-electron chi connectivity index (χ3n) is 3.03. The summed E-state index contributed by atoms with van der Waals surface area (Å²) in [7, 11) is 3.83. The van der Waals surface area contributed by atoms with E-state index in [1.54, 1.807) is 7.11 Å². The number of aromatic nitrogens is 1. The minimum absolute atomic E-state index is 0.343. The van der Waals surface area contributed by atoms with E-state index in [2.05, 4.69) is 49.1 Å². The lowest BCUT2D eigenvalue weighted by Gasteiger charge is -2.28. The summed E-state index contributed by atoms with van der Waals surface area (Å²) in [6.45, 7) is 8.00. The average molecular weight is 251 g/mol. The van der Waals surface area contributed by atoms with Crippen molar-refractivity contribution in [3.8, 4) is 0 Å². The highest BCUT2D eigenvalue weighted by Crippen LogP contribution is 2.20. The van der Waals surface area contributed by atoms with Crippen LogP contribution in [0.1, 0.15) is 26.3 Å². The molecule has 1 aromatic heterocycles. The average Bonchev–Trinajstić information content (AvgIpc) is 2.36. The molecule has 4 heteroatoms. The quantitative estimate of drug-likeness (QED) is 0.805. The Balaban J connectivity index is 2.80. The van der Waals surface area contributed by atoms with Crippen molar-refractivity contribution in [3.05, 3.63) is 24.0 Å². The van der Waals surface area contributed by atoms with Crippen LogP contribution in [0.4, 0.5) is 5.69 Å². The van der Waals surface area contributed by atoms with E-state index >= 15 is 0 Å². The predicted molar refractivity (Wildman–Crippen MR) is 76.0 cm³/mol. The van der Waals surface area contributed by atoms with Gasteiger partial charge in [0.1, 0.15) is 0 Å². The Labute approximate surface area is 110 Å². The van der Waals surface area contributed by atoms with E-state index in [9.17, 15) is 0 Å². The summed E-state index contributed by atoms with van der Waals surface area (Å²) in [6, 6.07) is 2.87. The van der Waals surface area contributed by atoms with Gasteiger partial charge in [-0.25, -0.2) is 0 Å². The van der Waals surface area contributed by atoms with E-state index in [0.717, 1.165) is 13.2 Å². The molecule has 0 aliphatic carbocycles. The Morgan fingerprint density at radius 1 is 1.39 bits per heavy atom. The first-order valence-corrected chi connectivity index (χ1v) is 6.44. The molecular weight excluding hydrogens is 226 g/mol. The number of methoxy groups -OCH3 is 1. The lowest BCUT2D eigenvalue weighted by Crippen LogP contribution is -2.34. The van der Waals surface area contributed by atoms with Gasteiger partial charge in [-0.1, -0.05) is 13.8 Å². The summed E-state index contributed by atoms with van der Waals surface area (Å²) < 4.78 is 5.21. The molecule has 0 amide bonds. The van der Waals surface area contributed by atoms with Crippen molar-refractivity contribution in [1.82, 2.24) is 10.3 Å². The summed E-state index contributed by atoms with van der Waals surface area (Å²) in [6.07, 6.45) is 3.77. The summed E-state index contributed by atoms with van der Waals surface area (Å²) in [4.78, 5) is 6.45. The first-order chi connectivity index (χ1) is 8.56. The minimum atomic E-state index is 0.343. The Hall–Kier alpha value is -1.13. The monoisotopic (exact) mass is 251 g/mol. The van der Waals surface area contributed by atoms with Gasteiger partial charge in [-0.05, 0) is 13.0 Å². The van der Waals surface area contributed by atoms with Crippen LogP contribution in [0.5, 0.6) is 0 Å². The van der Waals surface area contributed by atoms with Crippen LogP contribution < -0.4 is 10.2 Å². The van der Waals surface area contributed by atoms with Gasteiger partial charge in [0.2, 0.25) is 0 Å². The van der Waals surface area contributed by atoms with E-state index in [-0.39, 0.29) is 0 Å². The Morgan fingerprint density at radius 2 is 2.11 bits per heavy atom. The molecule has 0 spiro atoms. The Morgan fingerprint density at radius 3 is 2.72 bits per heavy atom. The number of pyridine rings is 1. The molecule has 102 valence electrons. The van der Waals surface area contributed by atoms with Gasteiger partial charge >= 0.3 is 0 Å². The lowest BCUT2D eigenvalue weighted by molar-refractivity contribution is 0.183. The first-order valence-electron chi connectivity index (χ1n) is 6.44. The zero-order valence-electron chi connectivity index (χ0n) is 12.1. The second-order valence-electron chi connectivity index (χ2n) is 4.96. The Bertz CT molecular complexity index is 355. The Kier molecular flexibility index (Phi) is 6.09. The van der Waals surface area contributed by atoms with E-state index in [0.29, 0.717) is 12.1 Å². The molecule has 0 fully saturated rings. The van der Waals surface area contributed by atoms with E-state index in [1.807, 2.05) is 12.4 Å². The second kappa shape index (κ2) is 7.34. The predicted octanol–water partition coefficient (Wildman–Crippen LogP) is 2.05. The number of anilines is 1. The largest absolute Gasteiger partial charge is 0.383 e. The molecule has 0 saturated carbocycles. The number of hydrogen-bond donors (Lipinski definition) is 1. The summed E-state index contributed by atoms with van der Waals surface area (Å²) in [5.74, 6) is 0. The molecule has 0 bridgehead atoms. The van der Waals surface area contributed by atoms with Crippen LogP contribution in [-0.2, 0) is 11.3 Å². The molecule has 1 aromatic rings. The highest BCUT2D eigenvalue weighted by Gasteiger charge is 2.13. The lowest BCUT2D eigenvalue weighted by atomic mass is 10.1. The number of ether oxygens (including phenoxy) is 1. The number of nitrogens with zero attached hydrogens (tertiary/aromatic N) is 2. The molecule has 0 aromatic carbocycles. The molecule has 1 unspecified atom stereocenters. The van der Waals surface area contributed by atoms with Crippen LogP contribution in [0, 0.1) is 0 Å². The van der Waals surface area contributed by atoms with Crippen molar-refractivity contribution in [2.45, 2.75) is 39.4 Å². The van der Waals surface area contributed by atoms with Gasteiger partial charge in [-0.2, -0.15) is 0 Å². The fourth-order valence-corrected chi connectivity index (χ4v) is 1.80. The van der Waals surface area contributed by atoms with Crippen LogP contribution in [0.15, 0.2) is 18.5 Å². The normalized spacial score (nSPS) is 12.8. The molecule has 4 nitrogen and oxygen atoms in total. The van der Waals surface area contributed by atoms with Crippen molar-refractivity contribution in [3.63, 3.8) is 0 Å². The second-order valence-corrected chi connectivity index (χ2v) is 4.96. The third-order valence-corrected chi connectivity index (χ3v) is 3.03. The van der Waals surface area contributed by atoms with Gasteiger partial charge < -0.3 is 15.0 Å². The van der Waals surface area contributed by atoms with Gasteiger partial charge in [0.15, 0.2) is 0 Å². The summed E-state index contributed by atoms with van der Waals surface area (Å²) in [5.41, 5.74) is 2.43. The first kappa shape index (κ1) is 14.9. The molecule has 18 heavy (non-hydrogen) atoms. The van der Waals surface area contributed by atoms with Crippen molar-refractivity contribution >= 4 is 5.69 Å². The van der Waals surface area contributed by atoms with E-state index in [1.165, 1.54) is 11.3 Å². The number of hydrogen-bond acceptors (Lipinski definition) is 4. The maximum absolute atomic E-state index is 5.21. The standard InChI is InChI=1S/C14H25N3O/c1-11(2)16-9-13-8-15-7-6-14(13)17(4)12(3)10-18-5/h6-8,11-12,16H,9-10H2,1-5H3. The number of nitrogens with one attached hydrogen (secondary N) is 1. The molecule has 1 rings (SSSR count). The van der Waals surface area contributed by atoms with Gasteiger partial charge in [0, 0.05) is 56.4 Å². The zero-order chi connectivity index (χ0) is 13.5. The van der Waals surface area contributed by atoms with Gasteiger partial charge in [0.25, 0.3) is 0 Å². The number of rotatable bonds is 7. The zero-order valence-corrected chi connectivity index (χ0v) is 12.1. The molecule has 0 aliphatic rings. The van der Waals surface area contributed by atoms with Crippen LogP contribution in [0.25, 0.3) is 0 Å². The molecule has 1 N–H and O–H groups in total. The highest BCUT2D eigenvalue weighted by atomic mass is 16.5. The summed E-state index contributed by atoms with van der Waals surface area (Å²) >= 11 is 0.